The molecule has 1 aromatic heterocycles. The van der Waals surface area contributed by atoms with Gasteiger partial charge >= 0.3 is 0 Å². The largest absolute Gasteiger partial charge is 0.371 e. The maximum Gasteiger partial charge on any atom is 0.245 e. The van der Waals surface area contributed by atoms with Crippen molar-refractivity contribution in [3.05, 3.63) is 12.4 Å². The van der Waals surface area contributed by atoms with Crippen LogP contribution in [0, 0.1) is 5.41 Å². The molecule has 1 aliphatic rings. The molecule has 1 atom stereocenters. The monoisotopic (exact) mass is 264 g/mol. The standard InChI is InChI=1S/C14H24N4O/c1-14(2,3)10-18-7-5-6-12(13(18)19)16-11-8-15-17(4)9-11/h8-9,12,16H,5-7,10H2,1-4H3. The van der Waals surface area contributed by atoms with E-state index in [1.807, 2.05) is 18.1 Å². The molecule has 0 aromatic carbocycles. The zero-order valence-corrected chi connectivity index (χ0v) is 12.3. The molecule has 0 saturated carbocycles. The van der Waals surface area contributed by atoms with Gasteiger partial charge in [0.2, 0.25) is 5.91 Å². The predicted octanol–water partition coefficient (Wildman–Crippen LogP) is 1.87. The molecular weight excluding hydrogens is 240 g/mol. The lowest BCUT2D eigenvalue weighted by atomic mass is 9.94. The molecule has 5 heteroatoms. The Labute approximate surface area is 115 Å². The molecule has 0 spiro atoms. The zero-order chi connectivity index (χ0) is 14.0. The normalized spacial score (nSPS) is 20.7. The Kier molecular flexibility index (Phi) is 3.83. The van der Waals surface area contributed by atoms with E-state index < -0.39 is 0 Å². The van der Waals surface area contributed by atoms with Crippen LogP contribution in [0.1, 0.15) is 33.6 Å². The number of nitrogens with zero attached hydrogens (tertiary/aromatic N) is 3. The highest BCUT2D eigenvalue weighted by Gasteiger charge is 2.31. The first-order valence-electron chi connectivity index (χ1n) is 6.89. The summed E-state index contributed by atoms with van der Waals surface area (Å²) in [6, 6.07) is -0.111. The van der Waals surface area contributed by atoms with Gasteiger partial charge in [-0.25, -0.2) is 0 Å². The number of hydrogen-bond acceptors (Lipinski definition) is 3. The van der Waals surface area contributed by atoms with Crippen molar-refractivity contribution in [3.8, 4) is 0 Å². The fraction of sp³-hybridized carbons (Fsp3) is 0.714. The van der Waals surface area contributed by atoms with Crippen molar-refractivity contribution in [3.63, 3.8) is 0 Å². The van der Waals surface area contributed by atoms with Gasteiger partial charge in [0.05, 0.1) is 11.9 Å². The van der Waals surface area contributed by atoms with Crippen molar-refractivity contribution in [1.82, 2.24) is 14.7 Å². The number of aryl methyl sites for hydroxylation is 1. The summed E-state index contributed by atoms with van der Waals surface area (Å²) in [4.78, 5) is 14.4. The number of anilines is 1. The summed E-state index contributed by atoms with van der Waals surface area (Å²) in [7, 11) is 1.87. The van der Waals surface area contributed by atoms with Crippen LogP contribution < -0.4 is 5.32 Å². The topological polar surface area (TPSA) is 50.2 Å². The first-order chi connectivity index (χ1) is 8.85. The molecule has 106 valence electrons. The minimum atomic E-state index is -0.111. The molecule has 1 fully saturated rings. The number of rotatable bonds is 3. The first kappa shape index (κ1) is 13.9. The maximum absolute atomic E-state index is 12.5. The van der Waals surface area contributed by atoms with Crippen molar-refractivity contribution in [2.45, 2.75) is 39.7 Å². The molecule has 5 nitrogen and oxygen atoms in total. The van der Waals surface area contributed by atoms with Gasteiger partial charge in [-0.1, -0.05) is 20.8 Å². The van der Waals surface area contributed by atoms with Gasteiger partial charge in [-0.15, -0.1) is 0 Å². The van der Waals surface area contributed by atoms with Crippen molar-refractivity contribution in [2.24, 2.45) is 12.5 Å². The molecule has 1 amide bonds. The lowest BCUT2D eigenvalue weighted by molar-refractivity contribution is -0.135. The quantitative estimate of drug-likeness (QED) is 0.906. The number of aromatic nitrogens is 2. The number of nitrogens with one attached hydrogen (secondary N) is 1. The van der Waals surface area contributed by atoms with E-state index in [4.69, 9.17) is 0 Å². The van der Waals surface area contributed by atoms with Crippen molar-refractivity contribution >= 4 is 11.6 Å². The Morgan fingerprint density at radius 2 is 2.21 bits per heavy atom. The second kappa shape index (κ2) is 5.23. The molecule has 1 unspecified atom stereocenters. The third-order valence-corrected chi connectivity index (χ3v) is 3.24. The fourth-order valence-electron chi connectivity index (χ4n) is 2.50. The highest BCUT2D eigenvalue weighted by atomic mass is 16.2. The molecule has 1 saturated heterocycles. The second-order valence-electron chi connectivity index (χ2n) is 6.56. The minimum Gasteiger partial charge on any atom is -0.371 e. The number of likely N-dealkylation sites (tertiary alicyclic amines) is 1. The SMILES string of the molecule is Cn1cc(NC2CCCN(CC(C)(C)C)C2=O)cn1. The molecule has 19 heavy (non-hydrogen) atoms. The van der Waals surface area contributed by atoms with E-state index in [1.165, 1.54) is 0 Å². The maximum atomic E-state index is 12.5. The van der Waals surface area contributed by atoms with Gasteiger partial charge in [0.1, 0.15) is 6.04 Å². The third-order valence-electron chi connectivity index (χ3n) is 3.24. The highest BCUT2D eigenvalue weighted by molar-refractivity contribution is 5.85. The van der Waals surface area contributed by atoms with Crippen LogP contribution in [-0.4, -0.2) is 39.7 Å². The Morgan fingerprint density at radius 1 is 1.47 bits per heavy atom. The minimum absolute atomic E-state index is 0.111. The van der Waals surface area contributed by atoms with Gasteiger partial charge in [-0.3, -0.25) is 9.48 Å². The Balaban J connectivity index is 2.00. The third kappa shape index (κ3) is 3.72. The number of hydrogen-bond donors (Lipinski definition) is 1. The summed E-state index contributed by atoms with van der Waals surface area (Å²) in [5, 5.41) is 7.41. The van der Waals surface area contributed by atoms with Gasteiger partial charge in [-0.2, -0.15) is 5.10 Å². The fourth-order valence-corrected chi connectivity index (χ4v) is 2.50. The van der Waals surface area contributed by atoms with Gasteiger partial charge in [0.15, 0.2) is 0 Å². The van der Waals surface area contributed by atoms with Crippen LogP contribution >= 0.6 is 0 Å². The lowest BCUT2D eigenvalue weighted by Crippen LogP contribution is -2.50. The van der Waals surface area contributed by atoms with E-state index >= 15 is 0 Å². The summed E-state index contributed by atoms with van der Waals surface area (Å²) in [6.07, 6.45) is 5.61. The lowest BCUT2D eigenvalue weighted by Gasteiger charge is -2.36. The molecule has 2 rings (SSSR count). The van der Waals surface area contributed by atoms with Crippen LogP contribution in [0.25, 0.3) is 0 Å². The molecule has 1 aromatic rings. The first-order valence-corrected chi connectivity index (χ1v) is 6.89. The van der Waals surface area contributed by atoms with E-state index in [2.05, 4.69) is 31.2 Å². The van der Waals surface area contributed by atoms with Gasteiger partial charge in [-0.05, 0) is 18.3 Å². The smallest absolute Gasteiger partial charge is 0.245 e. The van der Waals surface area contributed by atoms with Crippen LogP contribution in [0.2, 0.25) is 0 Å². The van der Waals surface area contributed by atoms with E-state index in [9.17, 15) is 4.79 Å². The predicted molar refractivity (Wildman–Crippen MR) is 75.9 cm³/mol. The summed E-state index contributed by atoms with van der Waals surface area (Å²) < 4.78 is 1.74. The molecule has 1 N–H and O–H groups in total. The molecule has 0 bridgehead atoms. The van der Waals surface area contributed by atoms with Crippen LogP contribution in [0.5, 0.6) is 0 Å². The number of carbonyl (C=O) groups excluding carboxylic acids is 1. The zero-order valence-electron chi connectivity index (χ0n) is 12.3. The van der Waals surface area contributed by atoms with Gasteiger partial charge in [0.25, 0.3) is 0 Å². The molecule has 0 aliphatic carbocycles. The Hall–Kier alpha value is -1.52. The number of piperidine rings is 1. The highest BCUT2D eigenvalue weighted by Crippen LogP contribution is 2.21. The van der Waals surface area contributed by atoms with Crippen LogP contribution in [0.4, 0.5) is 5.69 Å². The summed E-state index contributed by atoms with van der Waals surface area (Å²) in [5.74, 6) is 0.213. The van der Waals surface area contributed by atoms with Crippen molar-refractivity contribution in [1.29, 1.82) is 0 Å². The summed E-state index contributed by atoms with van der Waals surface area (Å²) >= 11 is 0. The molecule has 1 aliphatic heterocycles. The second-order valence-corrected chi connectivity index (χ2v) is 6.56. The summed E-state index contributed by atoms with van der Waals surface area (Å²) in [5.41, 5.74) is 1.06. The van der Waals surface area contributed by atoms with Crippen LogP contribution in [0.15, 0.2) is 12.4 Å². The van der Waals surface area contributed by atoms with Crippen LogP contribution in [0.3, 0.4) is 0 Å². The Morgan fingerprint density at radius 3 is 2.79 bits per heavy atom. The van der Waals surface area contributed by atoms with E-state index in [0.717, 1.165) is 31.6 Å². The molecule has 0 radical (unpaired) electrons. The molecule has 2 heterocycles. The Bertz CT molecular complexity index is 447. The number of amides is 1. The van der Waals surface area contributed by atoms with Crippen LogP contribution in [-0.2, 0) is 11.8 Å². The number of carbonyl (C=O) groups is 1. The van der Waals surface area contributed by atoms with Crippen molar-refractivity contribution in [2.75, 3.05) is 18.4 Å². The van der Waals surface area contributed by atoms with E-state index in [-0.39, 0.29) is 17.4 Å². The van der Waals surface area contributed by atoms with E-state index in [0.29, 0.717) is 0 Å². The van der Waals surface area contributed by atoms with Gasteiger partial charge < -0.3 is 10.2 Å². The average molecular weight is 264 g/mol. The van der Waals surface area contributed by atoms with Crippen molar-refractivity contribution < 1.29 is 4.79 Å². The summed E-state index contributed by atoms with van der Waals surface area (Å²) in [6.45, 7) is 8.19. The average Bonchev–Trinajstić information content (AvgIpc) is 2.68. The van der Waals surface area contributed by atoms with E-state index in [1.54, 1.807) is 10.9 Å². The molecular formula is C14H24N4O. The van der Waals surface area contributed by atoms with Gasteiger partial charge in [0, 0.05) is 26.3 Å².